The summed E-state index contributed by atoms with van der Waals surface area (Å²) in [6, 6.07) is 0. The standard InChI is InChI=1S/C13H19N3OS/c17-12(10-2-1-3-10)16-13-15-8-11(18-13)9-4-6-14-7-5-9/h8-10,14H,1-7H2,(H,15,16,17). The molecule has 4 nitrogen and oxygen atoms in total. The lowest BCUT2D eigenvalue weighted by atomic mass is 9.85. The van der Waals surface area contributed by atoms with Crippen LogP contribution in [0.3, 0.4) is 0 Å². The van der Waals surface area contributed by atoms with Crippen molar-refractivity contribution in [2.75, 3.05) is 18.4 Å². The number of piperidine rings is 1. The van der Waals surface area contributed by atoms with Crippen LogP contribution in [0, 0.1) is 5.92 Å². The minimum Gasteiger partial charge on any atom is -0.317 e. The summed E-state index contributed by atoms with van der Waals surface area (Å²) in [5, 5.41) is 7.10. The van der Waals surface area contributed by atoms with Gasteiger partial charge in [-0.05, 0) is 44.7 Å². The number of anilines is 1. The highest BCUT2D eigenvalue weighted by Crippen LogP contribution is 2.33. The first-order valence-electron chi connectivity index (χ1n) is 6.80. The van der Waals surface area contributed by atoms with Crippen molar-refractivity contribution < 1.29 is 4.79 Å². The summed E-state index contributed by atoms with van der Waals surface area (Å²) in [6.07, 6.45) is 7.57. The lowest BCUT2D eigenvalue weighted by Crippen LogP contribution is -2.27. The van der Waals surface area contributed by atoms with E-state index in [1.54, 1.807) is 11.3 Å². The summed E-state index contributed by atoms with van der Waals surface area (Å²) >= 11 is 1.65. The lowest BCUT2D eigenvalue weighted by molar-refractivity contribution is -0.122. The van der Waals surface area contributed by atoms with Gasteiger partial charge in [0.1, 0.15) is 0 Å². The van der Waals surface area contributed by atoms with Gasteiger partial charge in [0.2, 0.25) is 5.91 Å². The number of hydrogen-bond donors (Lipinski definition) is 2. The summed E-state index contributed by atoms with van der Waals surface area (Å²) in [5.74, 6) is 1.02. The molecule has 1 saturated heterocycles. The number of carbonyl (C=O) groups is 1. The average Bonchev–Trinajstić information content (AvgIpc) is 2.76. The predicted octanol–water partition coefficient (Wildman–Crippen LogP) is 2.35. The quantitative estimate of drug-likeness (QED) is 0.882. The zero-order valence-electron chi connectivity index (χ0n) is 10.4. The highest BCUT2D eigenvalue weighted by molar-refractivity contribution is 7.15. The molecular weight excluding hydrogens is 246 g/mol. The zero-order valence-corrected chi connectivity index (χ0v) is 11.3. The molecule has 3 rings (SSSR count). The molecule has 0 aromatic carbocycles. The molecule has 2 aliphatic rings. The van der Waals surface area contributed by atoms with Crippen molar-refractivity contribution >= 4 is 22.4 Å². The maximum atomic E-state index is 11.8. The molecule has 1 aromatic rings. The normalized spacial score (nSPS) is 21.6. The fourth-order valence-electron chi connectivity index (χ4n) is 2.52. The fourth-order valence-corrected chi connectivity index (χ4v) is 3.51. The largest absolute Gasteiger partial charge is 0.317 e. The molecule has 5 heteroatoms. The Balaban J connectivity index is 1.60. The Morgan fingerprint density at radius 1 is 1.33 bits per heavy atom. The Labute approximate surface area is 111 Å². The van der Waals surface area contributed by atoms with Gasteiger partial charge in [-0.1, -0.05) is 6.42 Å². The van der Waals surface area contributed by atoms with E-state index < -0.39 is 0 Å². The zero-order chi connectivity index (χ0) is 12.4. The van der Waals surface area contributed by atoms with Crippen LogP contribution in [0.25, 0.3) is 0 Å². The highest BCUT2D eigenvalue weighted by Gasteiger charge is 2.26. The Kier molecular flexibility index (Phi) is 3.61. The first kappa shape index (κ1) is 12.1. The van der Waals surface area contributed by atoms with Gasteiger partial charge < -0.3 is 10.6 Å². The molecule has 2 N–H and O–H groups in total. The second kappa shape index (κ2) is 5.36. The number of aromatic nitrogens is 1. The maximum absolute atomic E-state index is 11.8. The molecule has 1 aliphatic carbocycles. The number of thiazole rings is 1. The van der Waals surface area contributed by atoms with Gasteiger partial charge >= 0.3 is 0 Å². The van der Waals surface area contributed by atoms with Crippen LogP contribution >= 0.6 is 11.3 Å². The van der Waals surface area contributed by atoms with Crippen molar-refractivity contribution in [1.82, 2.24) is 10.3 Å². The van der Waals surface area contributed by atoms with Gasteiger partial charge in [0.15, 0.2) is 5.13 Å². The van der Waals surface area contributed by atoms with E-state index >= 15 is 0 Å². The van der Waals surface area contributed by atoms with Crippen LogP contribution in [0.1, 0.15) is 42.9 Å². The Morgan fingerprint density at radius 3 is 2.78 bits per heavy atom. The second-order valence-electron chi connectivity index (χ2n) is 5.21. The highest BCUT2D eigenvalue weighted by atomic mass is 32.1. The van der Waals surface area contributed by atoms with Crippen LogP contribution in [0.15, 0.2) is 6.20 Å². The molecule has 18 heavy (non-hydrogen) atoms. The molecule has 0 bridgehead atoms. The minimum absolute atomic E-state index is 0.160. The summed E-state index contributed by atoms with van der Waals surface area (Å²) < 4.78 is 0. The predicted molar refractivity (Wildman–Crippen MR) is 72.9 cm³/mol. The number of carbonyl (C=O) groups excluding carboxylic acids is 1. The second-order valence-corrected chi connectivity index (χ2v) is 6.27. The number of nitrogens with one attached hydrogen (secondary N) is 2. The summed E-state index contributed by atoms with van der Waals surface area (Å²) in [7, 11) is 0. The van der Waals surface area contributed by atoms with E-state index in [0.717, 1.165) is 31.1 Å². The first-order chi connectivity index (χ1) is 8.83. The molecule has 98 valence electrons. The Bertz CT molecular complexity index is 422. The minimum atomic E-state index is 0.160. The van der Waals surface area contributed by atoms with E-state index in [1.165, 1.54) is 24.1 Å². The number of rotatable bonds is 3. The first-order valence-corrected chi connectivity index (χ1v) is 7.62. The van der Waals surface area contributed by atoms with Crippen molar-refractivity contribution in [1.29, 1.82) is 0 Å². The molecule has 0 unspecified atom stereocenters. The topological polar surface area (TPSA) is 54.0 Å². The molecule has 0 spiro atoms. The van der Waals surface area contributed by atoms with Crippen LogP contribution in [0.5, 0.6) is 0 Å². The van der Waals surface area contributed by atoms with E-state index in [2.05, 4.69) is 15.6 Å². The molecule has 1 aromatic heterocycles. The Hall–Kier alpha value is -0.940. The monoisotopic (exact) mass is 265 g/mol. The van der Waals surface area contributed by atoms with Gasteiger partial charge in [-0.2, -0.15) is 0 Å². The van der Waals surface area contributed by atoms with Crippen LogP contribution in [-0.2, 0) is 4.79 Å². The van der Waals surface area contributed by atoms with Crippen LogP contribution in [0.2, 0.25) is 0 Å². The molecule has 1 amide bonds. The van der Waals surface area contributed by atoms with Gasteiger partial charge in [-0.3, -0.25) is 4.79 Å². The third kappa shape index (κ3) is 2.57. The number of amides is 1. The van der Waals surface area contributed by atoms with Crippen LogP contribution in [-0.4, -0.2) is 24.0 Å². The van der Waals surface area contributed by atoms with Gasteiger partial charge in [0.05, 0.1) is 0 Å². The average molecular weight is 265 g/mol. The molecule has 1 saturated carbocycles. The van der Waals surface area contributed by atoms with Crippen LogP contribution < -0.4 is 10.6 Å². The SMILES string of the molecule is O=C(Nc1ncc(C2CCNCC2)s1)C1CCC1. The van der Waals surface area contributed by atoms with Gasteiger partial charge in [-0.25, -0.2) is 4.98 Å². The molecule has 1 aliphatic heterocycles. The van der Waals surface area contributed by atoms with E-state index in [9.17, 15) is 4.79 Å². The van der Waals surface area contributed by atoms with Crippen molar-refractivity contribution in [2.24, 2.45) is 5.92 Å². The van der Waals surface area contributed by atoms with Crippen molar-refractivity contribution in [3.05, 3.63) is 11.1 Å². The Morgan fingerprint density at radius 2 is 2.11 bits per heavy atom. The van der Waals surface area contributed by atoms with Crippen molar-refractivity contribution in [2.45, 2.75) is 38.0 Å². The maximum Gasteiger partial charge on any atom is 0.229 e. The number of hydrogen-bond acceptors (Lipinski definition) is 4. The van der Waals surface area contributed by atoms with Gasteiger partial charge in [0, 0.05) is 17.0 Å². The molecule has 2 heterocycles. The van der Waals surface area contributed by atoms with E-state index in [1.807, 2.05) is 6.20 Å². The molecule has 2 fully saturated rings. The third-order valence-corrected chi connectivity index (χ3v) is 5.05. The van der Waals surface area contributed by atoms with Gasteiger partial charge in [0.25, 0.3) is 0 Å². The third-order valence-electron chi connectivity index (χ3n) is 3.97. The molecule has 0 radical (unpaired) electrons. The van der Waals surface area contributed by atoms with Crippen molar-refractivity contribution in [3.63, 3.8) is 0 Å². The molecule has 0 atom stereocenters. The van der Waals surface area contributed by atoms with E-state index in [4.69, 9.17) is 0 Å². The van der Waals surface area contributed by atoms with E-state index in [-0.39, 0.29) is 11.8 Å². The lowest BCUT2D eigenvalue weighted by Gasteiger charge is -2.23. The van der Waals surface area contributed by atoms with Crippen molar-refractivity contribution in [3.8, 4) is 0 Å². The molecular formula is C13H19N3OS. The smallest absolute Gasteiger partial charge is 0.229 e. The van der Waals surface area contributed by atoms with Gasteiger partial charge in [-0.15, -0.1) is 11.3 Å². The summed E-state index contributed by atoms with van der Waals surface area (Å²) in [6.45, 7) is 2.18. The summed E-state index contributed by atoms with van der Waals surface area (Å²) in [5.41, 5.74) is 0. The summed E-state index contributed by atoms with van der Waals surface area (Å²) in [4.78, 5) is 17.5. The van der Waals surface area contributed by atoms with E-state index in [0.29, 0.717) is 5.92 Å². The van der Waals surface area contributed by atoms with Crippen LogP contribution in [0.4, 0.5) is 5.13 Å². The number of nitrogens with zero attached hydrogens (tertiary/aromatic N) is 1. The fraction of sp³-hybridized carbons (Fsp3) is 0.692.